The summed E-state index contributed by atoms with van der Waals surface area (Å²) in [6.45, 7) is 5.32. The van der Waals surface area contributed by atoms with Crippen LogP contribution in [0.25, 0.3) is 0 Å². The van der Waals surface area contributed by atoms with Gasteiger partial charge in [-0.15, -0.1) is 0 Å². The van der Waals surface area contributed by atoms with E-state index in [1.807, 2.05) is 0 Å². The van der Waals surface area contributed by atoms with Crippen LogP contribution in [-0.2, 0) is 4.74 Å². The number of carbonyl (C=O) groups excluding carboxylic acids is 1. The number of nitrogens with zero attached hydrogens (tertiary/aromatic N) is 2. The predicted molar refractivity (Wildman–Crippen MR) is 100 cm³/mol. The van der Waals surface area contributed by atoms with Crippen LogP contribution in [-0.4, -0.2) is 35.4 Å². The van der Waals surface area contributed by atoms with Gasteiger partial charge in [0.05, 0.1) is 13.2 Å². The molecule has 1 aromatic heterocycles. The van der Waals surface area contributed by atoms with Gasteiger partial charge in [0.1, 0.15) is 28.8 Å². The maximum atomic E-state index is 13.2. The minimum Gasteiger partial charge on any atom is -0.480 e. The number of aromatic nitrogens is 2. The van der Waals surface area contributed by atoms with Gasteiger partial charge >= 0.3 is 6.09 Å². The number of methoxy groups -OCH3 is 1. The Bertz CT molecular complexity index is 781. The van der Waals surface area contributed by atoms with Crippen molar-refractivity contribution in [2.45, 2.75) is 32.4 Å². The molecule has 1 atom stereocenters. The number of hydrogen-bond acceptors (Lipinski definition) is 6. The molecule has 0 fully saturated rings. The van der Waals surface area contributed by atoms with E-state index in [-0.39, 0.29) is 18.3 Å². The molecule has 0 aliphatic carbocycles. The fourth-order valence-electron chi connectivity index (χ4n) is 2.11. The summed E-state index contributed by atoms with van der Waals surface area (Å²) in [4.78, 5) is 20.2. The van der Waals surface area contributed by atoms with Gasteiger partial charge in [-0.3, -0.25) is 0 Å². The van der Waals surface area contributed by atoms with Crippen LogP contribution in [0.5, 0.6) is 11.8 Å². The molecule has 146 valence electrons. The summed E-state index contributed by atoms with van der Waals surface area (Å²) in [6, 6.07) is 5.16. The van der Waals surface area contributed by atoms with E-state index in [0.717, 1.165) is 0 Å². The van der Waals surface area contributed by atoms with Crippen LogP contribution in [0.15, 0.2) is 35.1 Å². The molecular weight excluding hydrogens is 421 g/mol. The lowest BCUT2D eigenvalue weighted by Gasteiger charge is -2.24. The van der Waals surface area contributed by atoms with Crippen LogP contribution in [0.1, 0.15) is 32.4 Å². The number of ether oxygens (including phenoxy) is 3. The van der Waals surface area contributed by atoms with Crippen molar-refractivity contribution in [3.8, 4) is 11.8 Å². The first-order chi connectivity index (χ1) is 12.7. The van der Waals surface area contributed by atoms with E-state index < -0.39 is 17.7 Å². The summed E-state index contributed by atoms with van der Waals surface area (Å²) in [7, 11) is 1.47. The SMILES string of the molecule is COc1ncnc(OC[C@@H](NC(=O)OC(C)(C)C)c2ccc(F)cc2)c1Br. The van der Waals surface area contributed by atoms with E-state index >= 15 is 0 Å². The largest absolute Gasteiger partial charge is 0.480 e. The highest BCUT2D eigenvalue weighted by molar-refractivity contribution is 9.10. The first kappa shape index (κ1) is 20.9. The van der Waals surface area contributed by atoms with E-state index in [4.69, 9.17) is 14.2 Å². The van der Waals surface area contributed by atoms with E-state index in [0.29, 0.717) is 15.9 Å². The number of amides is 1. The minimum atomic E-state index is -0.651. The van der Waals surface area contributed by atoms with Crippen LogP contribution in [0.3, 0.4) is 0 Å². The molecule has 1 aromatic carbocycles. The van der Waals surface area contributed by atoms with Crippen LogP contribution < -0.4 is 14.8 Å². The molecule has 0 radical (unpaired) electrons. The Morgan fingerprint density at radius 1 is 1.22 bits per heavy atom. The van der Waals surface area contributed by atoms with Crippen molar-refractivity contribution in [2.75, 3.05) is 13.7 Å². The van der Waals surface area contributed by atoms with Gasteiger partial charge < -0.3 is 19.5 Å². The summed E-state index contributed by atoms with van der Waals surface area (Å²) < 4.78 is 29.8. The van der Waals surface area contributed by atoms with Crippen molar-refractivity contribution in [2.24, 2.45) is 0 Å². The Hall–Kier alpha value is -2.42. The zero-order valence-electron chi connectivity index (χ0n) is 15.5. The Balaban J connectivity index is 2.17. The van der Waals surface area contributed by atoms with Gasteiger partial charge in [0.15, 0.2) is 0 Å². The normalized spacial score (nSPS) is 12.2. The van der Waals surface area contributed by atoms with Gasteiger partial charge in [-0.1, -0.05) is 12.1 Å². The van der Waals surface area contributed by atoms with E-state index in [1.54, 1.807) is 32.9 Å². The Morgan fingerprint density at radius 3 is 2.44 bits per heavy atom. The monoisotopic (exact) mass is 441 g/mol. The zero-order chi connectivity index (χ0) is 20.0. The summed E-state index contributed by atoms with van der Waals surface area (Å²) in [5.41, 5.74) is 0.000772. The van der Waals surface area contributed by atoms with Crippen LogP contribution in [0.4, 0.5) is 9.18 Å². The molecule has 0 unspecified atom stereocenters. The van der Waals surface area contributed by atoms with E-state index in [9.17, 15) is 9.18 Å². The number of halogens is 2. The third-order valence-corrected chi connectivity index (χ3v) is 3.95. The number of alkyl carbamates (subject to hydrolysis) is 1. The maximum Gasteiger partial charge on any atom is 0.408 e. The van der Waals surface area contributed by atoms with Gasteiger partial charge in [-0.2, -0.15) is 0 Å². The van der Waals surface area contributed by atoms with E-state index in [1.165, 1.54) is 25.6 Å². The lowest BCUT2D eigenvalue weighted by Crippen LogP contribution is -2.37. The van der Waals surface area contributed by atoms with Crippen LogP contribution in [0, 0.1) is 5.82 Å². The molecule has 0 saturated heterocycles. The Labute approximate surface area is 165 Å². The Morgan fingerprint density at radius 2 is 1.85 bits per heavy atom. The average molecular weight is 442 g/mol. The third kappa shape index (κ3) is 6.35. The highest BCUT2D eigenvalue weighted by atomic mass is 79.9. The molecule has 0 aliphatic heterocycles. The highest BCUT2D eigenvalue weighted by Gasteiger charge is 2.22. The lowest BCUT2D eigenvalue weighted by atomic mass is 10.1. The molecule has 0 saturated carbocycles. The van der Waals surface area contributed by atoms with Gasteiger partial charge in [0, 0.05) is 0 Å². The van der Waals surface area contributed by atoms with Gasteiger partial charge in [0.25, 0.3) is 0 Å². The molecule has 9 heteroatoms. The van der Waals surface area contributed by atoms with Crippen molar-refractivity contribution in [1.82, 2.24) is 15.3 Å². The van der Waals surface area contributed by atoms with Crippen molar-refractivity contribution in [1.29, 1.82) is 0 Å². The van der Waals surface area contributed by atoms with E-state index in [2.05, 4.69) is 31.2 Å². The molecule has 0 aliphatic rings. The Kier molecular flexibility index (Phi) is 6.95. The molecule has 1 N–H and O–H groups in total. The topological polar surface area (TPSA) is 82.6 Å². The molecule has 0 spiro atoms. The average Bonchev–Trinajstić information content (AvgIpc) is 2.59. The zero-order valence-corrected chi connectivity index (χ0v) is 17.0. The number of rotatable bonds is 6. The minimum absolute atomic E-state index is 0.0314. The molecule has 2 aromatic rings. The first-order valence-corrected chi connectivity index (χ1v) is 8.91. The van der Waals surface area contributed by atoms with Gasteiger partial charge in [-0.05, 0) is 54.4 Å². The number of hydrogen-bond donors (Lipinski definition) is 1. The quantitative estimate of drug-likeness (QED) is 0.728. The van der Waals surface area contributed by atoms with Crippen LogP contribution >= 0.6 is 15.9 Å². The number of carbonyl (C=O) groups is 1. The molecule has 0 bridgehead atoms. The summed E-state index contributed by atoms with van der Waals surface area (Å²) in [5.74, 6) is 0.192. The summed E-state index contributed by atoms with van der Waals surface area (Å²) in [6.07, 6.45) is 0.687. The fraction of sp³-hybridized carbons (Fsp3) is 0.389. The second-order valence-electron chi connectivity index (χ2n) is 6.56. The summed E-state index contributed by atoms with van der Waals surface area (Å²) >= 11 is 3.31. The van der Waals surface area contributed by atoms with Gasteiger partial charge in [0.2, 0.25) is 11.8 Å². The molecule has 2 rings (SSSR count). The standard InChI is InChI=1S/C18H21BrFN3O4/c1-18(2,3)27-17(24)23-13(11-5-7-12(20)8-6-11)9-26-16-14(19)15(25-4)21-10-22-16/h5-8,10,13H,9H2,1-4H3,(H,23,24)/t13-/m1/s1. The second kappa shape index (κ2) is 8.98. The highest BCUT2D eigenvalue weighted by Crippen LogP contribution is 2.30. The lowest BCUT2D eigenvalue weighted by molar-refractivity contribution is 0.0485. The van der Waals surface area contributed by atoms with Crippen molar-refractivity contribution >= 4 is 22.0 Å². The third-order valence-electron chi connectivity index (χ3n) is 3.27. The molecule has 1 amide bonds. The fourth-order valence-corrected chi connectivity index (χ4v) is 2.59. The molecule has 27 heavy (non-hydrogen) atoms. The number of nitrogens with one attached hydrogen (secondary N) is 1. The summed E-state index contributed by atoms with van der Waals surface area (Å²) in [5, 5.41) is 2.73. The first-order valence-electron chi connectivity index (χ1n) is 8.12. The molecule has 1 heterocycles. The van der Waals surface area contributed by atoms with Crippen LogP contribution in [0.2, 0.25) is 0 Å². The van der Waals surface area contributed by atoms with Gasteiger partial charge in [-0.25, -0.2) is 19.2 Å². The van der Waals surface area contributed by atoms with Crippen molar-refractivity contribution in [3.63, 3.8) is 0 Å². The van der Waals surface area contributed by atoms with Crippen molar-refractivity contribution < 1.29 is 23.4 Å². The smallest absolute Gasteiger partial charge is 0.408 e. The predicted octanol–water partition coefficient (Wildman–Crippen LogP) is 4.03. The second-order valence-corrected chi connectivity index (χ2v) is 7.36. The van der Waals surface area contributed by atoms with Crippen molar-refractivity contribution in [3.05, 3.63) is 46.4 Å². The number of benzene rings is 1. The molecule has 7 nitrogen and oxygen atoms in total. The molecular formula is C18H21BrFN3O4. The maximum absolute atomic E-state index is 13.2.